The Bertz CT molecular complexity index is 618. The van der Waals surface area contributed by atoms with E-state index in [0.29, 0.717) is 13.0 Å². The molecule has 146 valence electrons. The first kappa shape index (κ1) is 18.6. The Morgan fingerprint density at radius 2 is 2.04 bits per heavy atom. The second kappa shape index (κ2) is 6.12. The van der Waals surface area contributed by atoms with Crippen LogP contribution in [0.2, 0.25) is 0 Å². The lowest BCUT2D eigenvalue weighted by Gasteiger charge is -2.38. The maximum absolute atomic E-state index is 10.8. The number of aliphatic hydroxyl groups excluding tert-OH is 1. The number of ether oxygens (including phenoxy) is 3. The Balaban J connectivity index is 1.60. The van der Waals surface area contributed by atoms with E-state index in [4.69, 9.17) is 14.2 Å². The number of hydrogen-bond acceptors (Lipinski definition) is 6. The normalized spacial score (nSPS) is 46.8. The molecular weight excluding hydrogens is 336 g/mol. The highest BCUT2D eigenvalue weighted by Gasteiger charge is 2.54. The van der Waals surface area contributed by atoms with E-state index < -0.39 is 29.7 Å². The predicted octanol–water partition coefficient (Wildman–Crippen LogP) is 1.29. The molecule has 6 nitrogen and oxygen atoms in total. The number of epoxide rings is 1. The van der Waals surface area contributed by atoms with Gasteiger partial charge in [-0.15, -0.1) is 0 Å². The van der Waals surface area contributed by atoms with Crippen LogP contribution in [0.15, 0.2) is 23.8 Å². The summed E-state index contributed by atoms with van der Waals surface area (Å²) >= 11 is 0. The van der Waals surface area contributed by atoms with Crippen LogP contribution in [0.25, 0.3) is 0 Å². The largest absolute Gasteiger partial charge is 0.388 e. The first-order valence-corrected chi connectivity index (χ1v) is 9.52. The second-order valence-corrected chi connectivity index (χ2v) is 9.10. The molecule has 0 aromatic carbocycles. The molecule has 26 heavy (non-hydrogen) atoms. The number of rotatable bonds is 2. The zero-order chi connectivity index (χ0) is 18.9. The van der Waals surface area contributed by atoms with Gasteiger partial charge in [0.1, 0.15) is 18.3 Å². The average Bonchev–Trinajstić information content (AvgIpc) is 3.18. The highest BCUT2D eigenvalue weighted by Crippen LogP contribution is 2.49. The van der Waals surface area contributed by atoms with Gasteiger partial charge in [-0.2, -0.15) is 0 Å². The molecule has 0 spiro atoms. The Morgan fingerprint density at radius 3 is 2.73 bits per heavy atom. The first-order valence-electron chi connectivity index (χ1n) is 9.52. The van der Waals surface area contributed by atoms with Crippen LogP contribution in [0.4, 0.5) is 0 Å². The minimum Gasteiger partial charge on any atom is -0.388 e. The fourth-order valence-electron chi connectivity index (χ4n) is 4.68. The Hall–Kier alpha value is -0.760. The van der Waals surface area contributed by atoms with E-state index in [1.54, 1.807) is 13.8 Å². The number of aliphatic hydroxyl groups is 3. The van der Waals surface area contributed by atoms with E-state index in [0.717, 1.165) is 24.0 Å². The highest BCUT2D eigenvalue weighted by molar-refractivity contribution is 5.27. The van der Waals surface area contributed by atoms with Crippen LogP contribution in [-0.2, 0) is 14.2 Å². The minimum atomic E-state index is -1.26. The second-order valence-electron chi connectivity index (χ2n) is 9.10. The summed E-state index contributed by atoms with van der Waals surface area (Å²) in [6.45, 7) is 9.76. The van der Waals surface area contributed by atoms with Gasteiger partial charge in [0.25, 0.3) is 0 Å². The number of hydrogen-bond donors (Lipinski definition) is 3. The van der Waals surface area contributed by atoms with Gasteiger partial charge < -0.3 is 29.5 Å². The molecule has 3 N–H and O–H groups in total. The van der Waals surface area contributed by atoms with Gasteiger partial charge in [0.15, 0.2) is 6.29 Å². The summed E-state index contributed by atoms with van der Waals surface area (Å²) < 4.78 is 17.5. The molecule has 1 saturated carbocycles. The molecular formula is C20H30O6. The topological polar surface area (TPSA) is 91.7 Å². The van der Waals surface area contributed by atoms with Crippen LogP contribution < -0.4 is 0 Å². The third-order valence-corrected chi connectivity index (χ3v) is 6.43. The van der Waals surface area contributed by atoms with Gasteiger partial charge in [0.05, 0.1) is 23.9 Å². The van der Waals surface area contributed by atoms with Crippen molar-refractivity contribution < 1.29 is 29.5 Å². The average molecular weight is 366 g/mol. The summed E-state index contributed by atoms with van der Waals surface area (Å²) in [7, 11) is 0. The maximum atomic E-state index is 10.8. The van der Waals surface area contributed by atoms with Crippen molar-refractivity contribution in [2.75, 3.05) is 6.61 Å². The molecule has 8 unspecified atom stereocenters. The lowest BCUT2D eigenvalue weighted by molar-refractivity contribution is -0.188. The van der Waals surface area contributed by atoms with Crippen LogP contribution >= 0.6 is 0 Å². The van der Waals surface area contributed by atoms with Crippen LogP contribution in [-0.4, -0.2) is 63.8 Å². The lowest BCUT2D eigenvalue weighted by atomic mass is 9.75. The molecule has 0 amide bonds. The van der Waals surface area contributed by atoms with Crippen LogP contribution in [0.3, 0.4) is 0 Å². The van der Waals surface area contributed by atoms with E-state index in [1.807, 2.05) is 13.0 Å². The summed E-state index contributed by atoms with van der Waals surface area (Å²) in [4.78, 5) is 0. The van der Waals surface area contributed by atoms with Gasteiger partial charge in [-0.1, -0.05) is 12.2 Å². The summed E-state index contributed by atoms with van der Waals surface area (Å²) in [5.74, 6) is 0.308. The lowest BCUT2D eigenvalue weighted by Crippen LogP contribution is -2.45. The molecule has 1 aliphatic carbocycles. The van der Waals surface area contributed by atoms with Crippen LogP contribution in [0, 0.1) is 11.8 Å². The van der Waals surface area contributed by atoms with Gasteiger partial charge in [-0.3, -0.25) is 0 Å². The smallest absolute Gasteiger partial charge is 0.181 e. The summed E-state index contributed by atoms with van der Waals surface area (Å²) in [5.41, 5.74) is -0.0208. The number of fused-ring (bicyclic) bond motifs is 4. The van der Waals surface area contributed by atoms with E-state index in [9.17, 15) is 15.3 Å². The molecule has 0 bridgehead atoms. The summed E-state index contributed by atoms with van der Waals surface area (Å²) in [5, 5.41) is 31.3. The van der Waals surface area contributed by atoms with Crippen molar-refractivity contribution in [3.05, 3.63) is 23.8 Å². The first-order chi connectivity index (χ1) is 12.1. The molecule has 3 aliphatic heterocycles. The Morgan fingerprint density at radius 1 is 1.31 bits per heavy atom. The van der Waals surface area contributed by atoms with Crippen LogP contribution in [0.5, 0.6) is 0 Å². The molecule has 0 aromatic heterocycles. The van der Waals surface area contributed by atoms with Crippen molar-refractivity contribution in [1.29, 1.82) is 0 Å². The maximum Gasteiger partial charge on any atom is 0.181 e. The summed E-state index contributed by atoms with van der Waals surface area (Å²) in [6.07, 6.45) is 1.85. The minimum absolute atomic E-state index is 0.0486. The molecule has 3 fully saturated rings. The van der Waals surface area contributed by atoms with E-state index in [1.165, 1.54) is 0 Å². The third-order valence-electron chi connectivity index (χ3n) is 6.43. The molecule has 3 heterocycles. The molecule has 4 aliphatic rings. The van der Waals surface area contributed by atoms with Gasteiger partial charge in [-0.05, 0) is 57.6 Å². The van der Waals surface area contributed by atoms with E-state index in [2.05, 4.69) is 6.58 Å². The third kappa shape index (κ3) is 3.17. The van der Waals surface area contributed by atoms with Crippen molar-refractivity contribution in [3.63, 3.8) is 0 Å². The van der Waals surface area contributed by atoms with Gasteiger partial charge in [0, 0.05) is 5.92 Å². The highest BCUT2D eigenvalue weighted by atomic mass is 16.7. The molecule has 4 rings (SSSR count). The predicted molar refractivity (Wildman–Crippen MR) is 94.3 cm³/mol. The fourth-order valence-corrected chi connectivity index (χ4v) is 4.68. The molecule has 8 atom stereocenters. The zero-order valence-electron chi connectivity index (χ0n) is 15.7. The zero-order valence-corrected chi connectivity index (χ0v) is 15.7. The van der Waals surface area contributed by atoms with Crippen molar-refractivity contribution in [2.45, 2.75) is 81.9 Å². The quantitative estimate of drug-likeness (QED) is 0.504. The Labute approximate surface area is 154 Å². The van der Waals surface area contributed by atoms with Gasteiger partial charge >= 0.3 is 0 Å². The molecule has 0 radical (unpaired) electrons. The van der Waals surface area contributed by atoms with Crippen LogP contribution in [0.1, 0.15) is 40.0 Å². The van der Waals surface area contributed by atoms with Crippen molar-refractivity contribution >= 4 is 0 Å². The van der Waals surface area contributed by atoms with Crippen molar-refractivity contribution in [1.82, 2.24) is 0 Å². The van der Waals surface area contributed by atoms with Gasteiger partial charge in [-0.25, -0.2) is 0 Å². The monoisotopic (exact) mass is 366 g/mol. The van der Waals surface area contributed by atoms with Crippen molar-refractivity contribution in [3.8, 4) is 0 Å². The van der Waals surface area contributed by atoms with E-state index in [-0.39, 0.29) is 24.0 Å². The molecule has 2 saturated heterocycles. The Kier molecular flexibility index (Phi) is 4.38. The summed E-state index contributed by atoms with van der Waals surface area (Å²) in [6, 6.07) is 0. The fraction of sp³-hybridized carbons (Fsp3) is 0.800. The van der Waals surface area contributed by atoms with Gasteiger partial charge in [0.2, 0.25) is 0 Å². The SMILES string of the molecule is C=C1CC2OC2C(C)(O)CCC2C3=CC(C(O)C(C)(C)O)OC3OCC12. The molecule has 0 aromatic rings. The van der Waals surface area contributed by atoms with Crippen molar-refractivity contribution in [2.24, 2.45) is 11.8 Å². The standard InChI is InChI=1S/C20H30O6/c1-10-7-15-17(25-15)20(4,23)6-5-11-12-8-14(16(21)19(2,3)22)26-18(12)24-9-13(10)11/h8,11,13-18,21-23H,1,5-7,9H2,2-4H3. The van der Waals surface area contributed by atoms with E-state index >= 15 is 0 Å². The molecule has 6 heteroatoms.